The van der Waals surface area contributed by atoms with Gasteiger partial charge in [-0.25, -0.2) is 4.39 Å². The highest BCUT2D eigenvalue weighted by molar-refractivity contribution is 9.10. The van der Waals surface area contributed by atoms with E-state index in [-0.39, 0.29) is 11.7 Å². The van der Waals surface area contributed by atoms with Crippen LogP contribution in [0.5, 0.6) is 0 Å². The molecule has 0 aliphatic heterocycles. The van der Waals surface area contributed by atoms with Crippen molar-refractivity contribution in [3.8, 4) is 0 Å². The molecule has 2 unspecified atom stereocenters. The number of hydrogen-bond donors (Lipinski definition) is 1. The van der Waals surface area contributed by atoms with Crippen molar-refractivity contribution in [3.05, 3.63) is 64.1 Å². The van der Waals surface area contributed by atoms with Crippen molar-refractivity contribution in [1.29, 1.82) is 0 Å². The standard InChI is InChI=1S/C14H13BrFNO/c1-9(10-2-4-17-5-3-10)14(18)11-6-12(15)8-13(16)7-11/h2-9,14,18H,1H3. The highest BCUT2D eigenvalue weighted by Crippen LogP contribution is 2.31. The minimum Gasteiger partial charge on any atom is -0.388 e. The molecule has 0 bridgehead atoms. The zero-order chi connectivity index (χ0) is 13.1. The van der Waals surface area contributed by atoms with Gasteiger partial charge in [0.25, 0.3) is 0 Å². The zero-order valence-corrected chi connectivity index (χ0v) is 11.4. The Balaban J connectivity index is 2.28. The molecule has 0 spiro atoms. The summed E-state index contributed by atoms with van der Waals surface area (Å²) in [6.45, 7) is 1.90. The minimum atomic E-state index is -0.751. The van der Waals surface area contributed by atoms with E-state index in [1.807, 2.05) is 19.1 Å². The fraction of sp³-hybridized carbons (Fsp3) is 0.214. The van der Waals surface area contributed by atoms with Crippen molar-refractivity contribution in [2.75, 3.05) is 0 Å². The topological polar surface area (TPSA) is 33.1 Å². The van der Waals surface area contributed by atoms with E-state index < -0.39 is 6.10 Å². The summed E-state index contributed by atoms with van der Waals surface area (Å²) in [6.07, 6.45) is 2.61. The van der Waals surface area contributed by atoms with Gasteiger partial charge < -0.3 is 5.11 Å². The first-order chi connectivity index (χ1) is 8.58. The summed E-state index contributed by atoms with van der Waals surface area (Å²) >= 11 is 3.23. The number of aliphatic hydroxyl groups excluding tert-OH is 1. The maximum absolute atomic E-state index is 13.3. The second-order valence-corrected chi connectivity index (χ2v) is 5.13. The average Bonchev–Trinajstić information content (AvgIpc) is 2.37. The summed E-state index contributed by atoms with van der Waals surface area (Å²) in [7, 11) is 0. The predicted octanol–water partition coefficient (Wildman–Crippen LogP) is 3.82. The molecule has 0 radical (unpaired) electrons. The Kier molecular flexibility index (Phi) is 4.09. The van der Waals surface area contributed by atoms with Crippen LogP contribution in [0.1, 0.15) is 30.1 Å². The predicted molar refractivity (Wildman–Crippen MR) is 71.7 cm³/mol. The molecule has 2 nitrogen and oxygen atoms in total. The Morgan fingerprint density at radius 2 is 1.83 bits per heavy atom. The average molecular weight is 310 g/mol. The second kappa shape index (κ2) is 5.59. The van der Waals surface area contributed by atoms with Crippen molar-refractivity contribution in [3.63, 3.8) is 0 Å². The molecule has 0 saturated heterocycles. The maximum Gasteiger partial charge on any atom is 0.124 e. The Bertz CT molecular complexity index is 512. The summed E-state index contributed by atoms with van der Waals surface area (Å²) in [6, 6.07) is 8.15. The van der Waals surface area contributed by atoms with Crippen LogP contribution in [-0.4, -0.2) is 10.1 Å². The summed E-state index contributed by atoms with van der Waals surface area (Å²) < 4.78 is 13.9. The van der Waals surface area contributed by atoms with Crippen molar-refractivity contribution in [2.24, 2.45) is 0 Å². The summed E-state index contributed by atoms with van der Waals surface area (Å²) in [4.78, 5) is 3.94. The fourth-order valence-electron chi connectivity index (χ4n) is 1.88. The summed E-state index contributed by atoms with van der Waals surface area (Å²) in [5.74, 6) is -0.484. The van der Waals surface area contributed by atoms with Crippen molar-refractivity contribution >= 4 is 15.9 Å². The molecule has 94 valence electrons. The van der Waals surface area contributed by atoms with Crippen molar-refractivity contribution in [2.45, 2.75) is 18.9 Å². The van der Waals surface area contributed by atoms with E-state index in [9.17, 15) is 9.50 Å². The number of pyridine rings is 1. The molecular formula is C14H13BrFNO. The van der Waals surface area contributed by atoms with E-state index in [1.54, 1.807) is 18.5 Å². The van der Waals surface area contributed by atoms with Crippen LogP contribution in [0.15, 0.2) is 47.2 Å². The number of hydrogen-bond acceptors (Lipinski definition) is 2. The van der Waals surface area contributed by atoms with Crippen molar-refractivity contribution in [1.82, 2.24) is 4.98 Å². The second-order valence-electron chi connectivity index (χ2n) is 4.22. The van der Waals surface area contributed by atoms with Gasteiger partial charge in [-0.1, -0.05) is 22.9 Å². The molecule has 1 aromatic heterocycles. The smallest absolute Gasteiger partial charge is 0.124 e. The van der Waals surface area contributed by atoms with Gasteiger partial charge in [0, 0.05) is 22.8 Å². The Morgan fingerprint density at radius 3 is 2.44 bits per heavy atom. The highest BCUT2D eigenvalue weighted by Gasteiger charge is 2.19. The minimum absolute atomic E-state index is 0.123. The molecule has 0 saturated carbocycles. The van der Waals surface area contributed by atoms with Gasteiger partial charge in [-0.15, -0.1) is 0 Å². The molecule has 18 heavy (non-hydrogen) atoms. The number of aliphatic hydroxyl groups is 1. The number of rotatable bonds is 3. The fourth-order valence-corrected chi connectivity index (χ4v) is 2.37. The lowest BCUT2D eigenvalue weighted by Crippen LogP contribution is -2.08. The van der Waals surface area contributed by atoms with Gasteiger partial charge in [0.15, 0.2) is 0 Å². The van der Waals surface area contributed by atoms with Gasteiger partial charge in [-0.3, -0.25) is 4.98 Å². The van der Waals surface area contributed by atoms with Crippen LogP contribution in [0.3, 0.4) is 0 Å². The first-order valence-corrected chi connectivity index (χ1v) is 6.41. The van der Waals surface area contributed by atoms with Crippen LogP contribution in [0.2, 0.25) is 0 Å². The molecule has 4 heteroatoms. The van der Waals surface area contributed by atoms with Crippen LogP contribution < -0.4 is 0 Å². The van der Waals surface area contributed by atoms with E-state index in [4.69, 9.17) is 0 Å². The molecule has 1 aromatic carbocycles. The van der Waals surface area contributed by atoms with Crippen molar-refractivity contribution < 1.29 is 9.50 Å². The summed E-state index contributed by atoms with van der Waals surface area (Å²) in [5.41, 5.74) is 1.53. The Hall–Kier alpha value is -1.26. The quantitative estimate of drug-likeness (QED) is 0.935. The molecule has 2 rings (SSSR count). The SMILES string of the molecule is CC(c1ccncc1)C(O)c1cc(F)cc(Br)c1. The molecule has 2 atom stereocenters. The molecule has 0 aliphatic rings. The third kappa shape index (κ3) is 2.94. The summed E-state index contributed by atoms with van der Waals surface area (Å²) in [5, 5.41) is 10.3. The van der Waals surface area contributed by atoms with Gasteiger partial charge >= 0.3 is 0 Å². The van der Waals surface area contributed by atoms with E-state index >= 15 is 0 Å². The third-order valence-corrected chi connectivity index (χ3v) is 3.39. The molecule has 1 heterocycles. The lowest BCUT2D eigenvalue weighted by molar-refractivity contribution is 0.151. The largest absolute Gasteiger partial charge is 0.388 e. The molecule has 1 N–H and O–H groups in total. The molecular weight excluding hydrogens is 297 g/mol. The lowest BCUT2D eigenvalue weighted by atomic mass is 9.91. The van der Waals surface area contributed by atoms with E-state index in [2.05, 4.69) is 20.9 Å². The van der Waals surface area contributed by atoms with Gasteiger partial charge in [0.05, 0.1) is 6.10 Å². The highest BCUT2D eigenvalue weighted by atomic mass is 79.9. The lowest BCUT2D eigenvalue weighted by Gasteiger charge is -2.19. The van der Waals surface area contributed by atoms with Crippen LogP contribution in [0, 0.1) is 5.82 Å². The molecule has 0 aliphatic carbocycles. The normalized spacial score (nSPS) is 14.2. The molecule has 0 amide bonds. The van der Waals surface area contributed by atoms with Gasteiger partial charge in [0.1, 0.15) is 5.82 Å². The van der Waals surface area contributed by atoms with E-state index in [0.717, 1.165) is 5.56 Å². The van der Waals surface area contributed by atoms with Crippen LogP contribution in [0.25, 0.3) is 0 Å². The first kappa shape index (κ1) is 13.2. The number of halogens is 2. The van der Waals surface area contributed by atoms with Gasteiger partial charge in [-0.2, -0.15) is 0 Å². The van der Waals surface area contributed by atoms with Crippen LogP contribution in [-0.2, 0) is 0 Å². The monoisotopic (exact) mass is 309 g/mol. The Morgan fingerprint density at radius 1 is 1.17 bits per heavy atom. The van der Waals surface area contributed by atoms with Crippen LogP contribution >= 0.6 is 15.9 Å². The number of aromatic nitrogens is 1. The van der Waals surface area contributed by atoms with E-state index in [0.29, 0.717) is 10.0 Å². The number of benzene rings is 1. The molecule has 0 fully saturated rings. The zero-order valence-electron chi connectivity index (χ0n) is 9.85. The molecule has 2 aromatic rings. The van der Waals surface area contributed by atoms with Crippen LogP contribution in [0.4, 0.5) is 4.39 Å². The Labute approximate surface area is 114 Å². The van der Waals surface area contributed by atoms with Gasteiger partial charge in [0.2, 0.25) is 0 Å². The van der Waals surface area contributed by atoms with Gasteiger partial charge in [-0.05, 0) is 41.5 Å². The van der Waals surface area contributed by atoms with E-state index in [1.165, 1.54) is 12.1 Å². The third-order valence-electron chi connectivity index (χ3n) is 2.93. The first-order valence-electron chi connectivity index (χ1n) is 5.62. The maximum atomic E-state index is 13.3. The number of nitrogens with zero attached hydrogens (tertiary/aromatic N) is 1.